The van der Waals surface area contributed by atoms with E-state index in [4.69, 9.17) is 5.73 Å². The van der Waals surface area contributed by atoms with E-state index in [1.165, 1.54) is 22.9 Å². The van der Waals surface area contributed by atoms with Crippen LogP contribution in [0.3, 0.4) is 0 Å². The largest absolute Gasteiger partial charge is 0.393 e. The van der Waals surface area contributed by atoms with E-state index in [0.717, 1.165) is 5.56 Å². The molecular weight excluding hydrogens is 248 g/mol. The summed E-state index contributed by atoms with van der Waals surface area (Å²) in [5.41, 5.74) is 6.73. The second-order valence-corrected chi connectivity index (χ2v) is 4.19. The van der Waals surface area contributed by atoms with E-state index in [2.05, 4.69) is 4.98 Å². The highest BCUT2D eigenvalue weighted by Crippen LogP contribution is 2.22. The monoisotopic (exact) mass is 260 g/mol. The van der Waals surface area contributed by atoms with Crippen LogP contribution < -0.4 is 11.4 Å². The maximum atomic E-state index is 11.5. The Bertz CT molecular complexity index is 694. The summed E-state index contributed by atoms with van der Waals surface area (Å²) in [6, 6.07) is 4.40. The molecule has 7 nitrogen and oxygen atoms in total. The average molecular weight is 260 g/mol. The molecule has 2 N–H and O–H groups in total. The molecule has 0 aliphatic rings. The Hall–Kier alpha value is -2.70. The molecule has 0 aliphatic heterocycles. The van der Waals surface area contributed by atoms with E-state index in [-0.39, 0.29) is 23.6 Å². The minimum atomic E-state index is -0.542. The molecule has 0 saturated carbocycles. The predicted molar refractivity (Wildman–Crippen MR) is 69.8 cm³/mol. The Morgan fingerprint density at radius 3 is 2.84 bits per heavy atom. The van der Waals surface area contributed by atoms with E-state index < -0.39 is 4.92 Å². The lowest BCUT2D eigenvalue weighted by atomic mass is 10.1. The molecule has 1 aromatic carbocycles. The zero-order chi connectivity index (χ0) is 14.0. The molecule has 2 aromatic rings. The van der Waals surface area contributed by atoms with Crippen LogP contribution in [-0.4, -0.2) is 14.5 Å². The summed E-state index contributed by atoms with van der Waals surface area (Å²) in [4.78, 5) is 25.4. The zero-order valence-electron chi connectivity index (χ0n) is 10.2. The lowest BCUT2D eigenvalue weighted by molar-refractivity contribution is -0.383. The van der Waals surface area contributed by atoms with Crippen LogP contribution in [0.5, 0.6) is 0 Å². The number of rotatable bonds is 3. The van der Waals surface area contributed by atoms with Gasteiger partial charge in [0, 0.05) is 18.5 Å². The standard InChI is InChI=1S/C12H12N4O3/c1-8-5-14-12(17)15(6-8)7-9-2-3-11(16(18)19)10(13)4-9/h2-6H,7,13H2,1H3. The van der Waals surface area contributed by atoms with Gasteiger partial charge in [-0.2, -0.15) is 0 Å². The van der Waals surface area contributed by atoms with Gasteiger partial charge in [0.2, 0.25) is 0 Å². The first-order valence-electron chi connectivity index (χ1n) is 5.53. The normalized spacial score (nSPS) is 10.4. The Morgan fingerprint density at radius 1 is 1.47 bits per heavy atom. The summed E-state index contributed by atoms with van der Waals surface area (Å²) in [5, 5.41) is 10.7. The highest BCUT2D eigenvalue weighted by atomic mass is 16.6. The number of nitro groups is 1. The number of nitrogens with two attached hydrogens (primary N) is 1. The van der Waals surface area contributed by atoms with Crippen LogP contribution in [0.2, 0.25) is 0 Å². The number of hydrogen-bond donors (Lipinski definition) is 1. The summed E-state index contributed by atoms with van der Waals surface area (Å²) in [6.45, 7) is 2.10. The summed E-state index contributed by atoms with van der Waals surface area (Å²) in [7, 11) is 0. The molecule has 0 unspecified atom stereocenters. The minimum absolute atomic E-state index is 0.0798. The molecule has 0 saturated heterocycles. The van der Waals surface area contributed by atoms with Crippen LogP contribution in [0, 0.1) is 17.0 Å². The van der Waals surface area contributed by atoms with Crippen molar-refractivity contribution >= 4 is 11.4 Å². The molecule has 0 radical (unpaired) electrons. The van der Waals surface area contributed by atoms with E-state index in [9.17, 15) is 14.9 Å². The molecule has 0 spiro atoms. The molecule has 0 bridgehead atoms. The van der Waals surface area contributed by atoms with E-state index in [1.807, 2.05) is 6.92 Å². The van der Waals surface area contributed by atoms with Crippen molar-refractivity contribution in [3.05, 3.63) is 62.3 Å². The number of hydrogen-bond acceptors (Lipinski definition) is 5. The van der Waals surface area contributed by atoms with Crippen LogP contribution in [-0.2, 0) is 6.54 Å². The van der Waals surface area contributed by atoms with Gasteiger partial charge in [0.25, 0.3) is 5.69 Å². The van der Waals surface area contributed by atoms with Crippen molar-refractivity contribution in [2.45, 2.75) is 13.5 Å². The Balaban J connectivity index is 2.34. The van der Waals surface area contributed by atoms with Crippen LogP contribution in [0.4, 0.5) is 11.4 Å². The molecule has 0 atom stereocenters. The van der Waals surface area contributed by atoms with Gasteiger partial charge in [-0.25, -0.2) is 9.78 Å². The Labute approximate surface area is 108 Å². The van der Waals surface area contributed by atoms with Crippen molar-refractivity contribution < 1.29 is 4.92 Å². The first-order chi connectivity index (χ1) is 8.97. The van der Waals surface area contributed by atoms with Gasteiger partial charge in [0.1, 0.15) is 5.69 Å². The third-order valence-electron chi connectivity index (χ3n) is 2.63. The fraction of sp³-hybridized carbons (Fsp3) is 0.167. The number of aromatic nitrogens is 2. The number of nitrogens with zero attached hydrogens (tertiary/aromatic N) is 3. The highest BCUT2D eigenvalue weighted by molar-refractivity contribution is 5.59. The first-order valence-corrected chi connectivity index (χ1v) is 5.53. The van der Waals surface area contributed by atoms with Crippen molar-refractivity contribution in [1.82, 2.24) is 9.55 Å². The van der Waals surface area contributed by atoms with Crippen molar-refractivity contribution in [3.63, 3.8) is 0 Å². The lowest BCUT2D eigenvalue weighted by Crippen LogP contribution is -2.22. The maximum absolute atomic E-state index is 11.5. The van der Waals surface area contributed by atoms with E-state index in [0.29, 0.717) is 5.56 Å². The number of anilines is 1. The van der Waals surface area contributed by atoms with Gasteiger partial charge < -0.3 is 5.73 Å². The van der Waals surface area contributed by atoms with Gasteiger partial charge in [0.15, 0.2) is 0 Å². The van der Waals surface area contributed by atoms with Gasteiger partial charge in [-0.05, 0) is 24.1 Å². The molecule has 1 aromatic heterocycles. The molecule has 7 heteroatoms. The van der Waals surface area contributed by atoms with Gasteiger partial charge in [-0.3, -0.25) is 14.7 Å². The lowest BCUT2D eigenvalue weighted by Gasteiger charge is -2.06. The first kappa shape index (κ1) is 12.7. The number of nitro benzene ring substituents is 1. The highest BCUT2D eigenvalue weighted by Gasteiger charge is 2.11. The number of aryl methyl sites for hydroxylation is 1. The minimum Gasteiger partial charge on any atom is -0.393 e. The molecular formula is C12H12N4O3. The number of benzene rings is 1. The topological polar surface area (TPSA) is 104 Å². The number of nitrogen functional groups attached to an aromatic ring is 1. The molecule has 2 rings (SSSR count). The second-order valence-electron chi connectivity index (χ2n) is 4.19. The summed E-state index contributed by atoms with van der Waals surface area (Å²) < 4.78 is 1.43. The third-order valence-corrected chi connectivity index (χ3v) is 2.63. The summed E-state index contributed by atoms with van der Waals surface area (Å²) in [6.07, 6.45) is 3.16. The smallest absolute Gasteiger partial charge is 0.347 e. The second kappa shape index (κ2) is 4.89. The Kier molecular flexibility index (Phi) is 3.28. The quantitative estimate of drug-likeness (QED) is 0.505. The van der Waals surface area contributed by atoms with E-state index in [1.54, 1.807) is 12.3 Å². The Morgan fingerprint density at radius 2 is 2.21 bits per heavy atom. The molecule has 0 amide bonds. The molecule has 98 valence electrons. The average Bonchev–Trinajstić information content (AvgIpc) is 2.33. The van der Waals surface area contributed by atoms with Gasteiger partial charge >= 0.3 is 5.69 Å². The molecule has 19 heavy (non-hydrogen) atoms. The van der Waals surface area contributed by atoms with Crippen molar-refractivity contribution in [3.8, 4) is 0 Å². The third kappa shape index (κ3) is 2.76. The zero-order valence-corrected chi connectivity index (χ0v) is 10.2. The molecule has 0 fully saturated rings. The van der Waals surface area contributed by atoms with Gasteiger partial charge in [-0.15, -0.1) is 0 Å². The van der Waals surface area contributed by atoms with Gasteiger partial charge in [0.05, 0.1) is 11.5 Å². The molecule has 0 aliphatic carbocycles. The fourth-order valence-corrected chi connectivity index (χ4v) is 1.74. The van der Waals surface area contributed by atoms with Crippen LogP contribution in [0.1, 0.15) is 11.1 Å². The van der Waals surface area contributed by atoms with E-state index >= 15 is 0 Å². The van der Waals surface area contributed by atoms with Crippen LogP contribution in [0.25, 0.3) is 0 Å². The van der Waals surface area contributed by atoms with Gasteiger partial charge in [-0.1, -0.05) is 6.07 Å². The van der Waals surface area contributed by atoms with Crippen molar-refractivity contribution in [2.24, 2.45) is 0 Å². The predicted octanol–water partition coefficient (Wildman–Crippen LogP) is 1.09. The van der Waals surface area contributed by atoms with Crippen LogP contribution >= 0.6 is 0 Å². The van der Waals surface area contributed by atoms with Crippen molar-refractivity contribution in [1.29, 1.82) is 0 Å². The van der Waals surface area contributed by atoms with Crippen LogP contribution in [0.15, 0.2) is 35.4 Å². The molecule has 1 heterocycles. The summed E-state index contributed by atoms with van der Waals surface area (Å²) >= 11 is 0. The SMILES string of the molecule is Cc1cnc(=O)n(Cc2ccc([N+](=O)[O-])c(N)c2)c1. The maximum Gasteiger partial charge on any atom is 0.347 e. The fourth-order valence-electron chi connectivity index (χ4n) is 1.74. The summed E-state index contributed by atoms with van der Waals surface area (Å²) in [5.74, 6) is 0. The van der Waals surface area contributed by atoms with Crippen molar-refractivity contribution in [2.75, 3.05) is 5.73 Å².